The number of hydrogen-bond acceptors (Lipinski definition) is 3. The van der Waals surface area contributed by atoms with Gasteiger partial charge in [0.15, 0.2) is 0 Å². The van der Waals surface area contributed by atoms with E-state index in [1.165, 1.54) is 6.08 Å². The average molecular weight is 377 g/mol. The van der Waals surface area contributed by atoms with Crippen LogP contribution >= 0.6 is 0 Å². The van der Waals surface area contributed by atoms with Crippen molar-refractivity contribution in [2.24, 2.45) is 0 Å². The van der Waals surface area contributed by atoms with Gasteiger partial charge in [0.2, 0.25) is 5.91 Å². The van der Waals surface area contributed by atoms with Crippen LogP contribution in [0.15, 0.2) is 48.5 Å². The van der Waals surface area contributed by atoms with E-state index < -0.39 is 0 Å². The fourth-order valence-electron chi connectivity index (χ4n) is 2.63. The van der Waals surface area contributed by atoms with Crippen molar-refractivity contribution >= 4 is 29.5 Å². The Kier molecular flexibility index (Phi) is 5.89. The first-order valence-electron chi connectivity index (χ1n) is 9.19. The second kappa shape index (κ2) is 8.52. The molecule has 0 atom stereocenters. The van der Waals surface area contributed by atoms with E-state index in [-0.39, 0.29) is 23.8 Å². The maximum atomic E-state index is 12.3. The lowest BCUT2D eigenvalue weighted by Gasteiger charge is -2.09. The van der Waals surface area contributed by atoms with E-state index in [2.05, 4.69) is 16.0 Å². The van der Waals surface area contributed by atoms with Crippen molar-refractivity contribution < 1.29 is 14.4 Å². The minimum atomic E-state index is -0.293. The number of benzene rings is 2. The molecule has 0 heterocycles. The molecule has 1 saturated carbocycles. The summed E-state index contributed by atoms with van der Waals surface area (Å²) in [5, 5.41) is 8.31. The van der Waals surface area contributed by atoms with Crippen LogP contribution in [-0.2, 0) is 4.79 Å². The highest BCUT2D eigenvalue weighted by Gasteiger charge is 2.24. The largest absolute Gasteiger partial charge is 0.355 e. The molecule has 2 aromatic rings. The summed E-state index contributed by atoms with van der Waals surface area (Å²) in [5.41, 5.74) is 3.37. The first kappa shape index (κ1) is 19.4. The van der Waals surface area contributed by atoms with Gasteiger partial charge < -0.3 is 16.0 Å². The van der Waals surface area contributed by atoms with E-state index in [4.69, 9.17) is 0 Å². The van der Waals surface area contributed by atoms with Gasteiger partial charge in [-0.25, -0.2) is 0 Å². The van der Waals surface area contributed by atoms with Crippen molar-refractivity contribution in [3.8, 4) is 0 Å². The second-order valence-electron chi connectivity index (χ2n) is 6.80. The summed E-state index contributed by atoms with van der Waals surface area (Å²) in [4.78, 5) is 36.0. The molecule has 1 aliphatic rings. The van der Waals surface area contributed by atoms with Gasteiger partial charge in [0.05, 0.1) is 0 Å². The molecule has 0 aliphatic heterocycles. The first-order chi connectivity index (χ1) is 13.5. The van der Waals surface area contributed by atoms with Crippen molar-refractivity contribution in [3.05, 3.63) is 70.8 Å². The summed E-state index contributed by atoms with van der Waals surface area (Å²) in [7, 11) is 1.58. The molecule has 3 rings (SSSR count). The Hall–Kier alpha value is -3.41. The smallest absolute Gasteiger partial charge is 0.251 e. The number of amides is 3. The van der Waals surface area contributed by atoms with Crippen LogP contribution in [0.1, 0.15) is 44.7 Å². The number of anilines is 1. The number of carbonyl (C=O) groups is 3. The van der Waals surface area contributed by atoms with E-state index >= 15 is 0 Å². The summed E-state index contributed by atoms with van der Waals surface area (Å²) in [5.74, 6) is -0.572. The normalized spacial score (nSPS) is 13.2. The molecule has 28 heavy (non-hydrogen) atoms. The second-order valence-corrected chi connectivity index (χ2v) is 6.80. The Morgan fingerprint density at radius 3 is 2.29 bits per heavy atom. The van der Waals surface area contributed by atoms with E-state index in [0.717, 1.165) is 24.0 Å². The standard InChI is InChI=1S/C22H23N3O3/c1-14-3-7-17(22(28)24-18-10-11-18)13-19(14)25-20(26)12-6-15-4-8-16(9-5-15)21(27)23-2/h3-9,12-13,18H,10-11H2,1-2H3,(H,23,27)(H,24,28)(H,25,26)/b12-6+. The number of hydrogen-bond donors (Lipinski definition) is 3. The molecule has 1 aliphatic carbocycles. The molecule has 0 saturated heterocycles. The van der Waals surface area contributed by atoms with Crippen LogP contribution in [0.4, 0.5) is 5.69 Å². The third-order valence-corrected chi connectivity index (χ3v) is 4.50. The van der Waals surface area contributed by atoms with Crippen LogP contribution < -0.4 is 16.0 Å². The van der Waals surface area contributed by atoms with Crippen molar-refractivity contribution in [2.45, 2.75) is 25.8 Å². The summed E-state index contributed by atoms with van der Waals surface area (Å²) in [6.45, 7) is 1.87. The highest BCUT2D eigenvalue weighted by Crippen LogP contribution is 2.21. The Morgan fingerprint density at radius 2 is 1.64 bits per heavy atom. The average Bonchev–Trinajstić information content (AvgIpc) is 3.51. The summed E-state index contributed by atoms with van der Waals surface area (Å²) in [6, 6.07) is 12.5. The molecule has 6 nitrogen and oxygen atoms in total. The van der Waals surface area contributed by atoms with Crippen LogP contribution in [0.2, 0.25) is 0 Å². The van der Waals surface area contributed by atoms with Crippen molar-refractivity contribution in [1.82, 2.24) is 10.6 Å². The molecule has 0 unspecified atom stereocenters. The fourth-order valence-corrected chi connectivity index (χ4v) is 2.63. The van der Waals surface area contributed by atoms with Crippen LogP contribution in [0.5, 0.6) is 0 Å². The molecule has 0 bridgehead atoms. The highest BCUT2D eigenvalue weighted by molar-refractivity contribution is 6.03. The van der Waals surface area contributed by atoms with Gasteiger partial charge in [-0.2, -0.15) is 0 Å². The van der Waals surface area contributed by atoms with Crippen LogP contribution in [0.3, 0.4) is 0 Å². The van der Waals surface area contributed by atoms with Gasteiger partial charge in [-0.15, -0.1) is 0 Å². The Balaban J connectivity index is 1.64. The summed E-state index contributed by atoms with van der Waals surface area (Å²) < 4.78 is 0. The predicted molar refractivity (Wildman–Crippen MR) is 109 cm³/mol. The molecule has 144 valence electrons. The summed E-state index contributed by atoms with van der Waals surface area (Å²) in [6.07, 6.45) is 5.14. The number of aryl methyl sites for hydroxylation is 1. The lowest BCUT2D eigenvalue weighted by Crippen LogP contribution is -2.25. The molecule has 0 spiro atoms. The van der Waals surface area contributed by atoms with Gasteiger partial charge in [0.25, 0.3) is 11.8 Å². The summed E-state index contributed by atoms with van der Waals surface area (Å²) >= 11 is 0. The molecule has 0 radical (unpaired) electrons. The highest BCUT2D eigenvalue weighted by atomic mass is 16.2. The number of rotatable bonds is 6. The van der Waals surface area contributed by atoms with E-state index in [1.54, 1.807) is 49.5 Å². The lowest BCUT2D eigenvalue weighted by atomic mass is 10.1. The maximum absolute atomic E-state index is 12.3. The van der Waals surface area contributed by atoms with Gasteiger partial charge in [-0.3, -0.25) is 14.4 Å². The van der Waals surface area contributed by atoms with Crippen molar-refractivity contribution in [1.29, 1.82) is 0 Å². The molecular formula is C22H23N3O3. The van der Waals surface area contributed by atoms with Crippen molar-refractivity contribution in [3.63, 3.8) is 0 Å². The Morgan fingerprint density at radius 1 is 0.964 bits per heavy atom. The third-order valence-electron chi connectivity index (χ3n) is 4.50. The SMILES string of the molecule is CNC(=O)c1ccc(/C=C/C(=O)Nc2cc(C(=O)NC3CC3)ccc2C)cc1. The molecule has 6 heteroatoms. The van der Waals surface area contributed by atoms with Gasteiger partial charge in [0.1, 0.15) is 0 Å². The zero-order valence-corrected chi connectivity index (χ0v) is 15.9. The van der Waals surface area contributed by atoms with Crippen LogP contribution in [0.25, 0.3) is 6.08 Å². The minimum Gasteiger partial charge on any atom is -0.355 e. The third kappa shape index (κ3) is 5.07. The van der Waals surface area contributed by atoms with E-state index in [1.807, 2.05) is 13.0 Å². The fraction of sp³-hybridized carbons (Fsp3) is 0.227. The molecule has 3 amide bonds. The molecule has 0 aromatic heterocycles. The monoisotopic (exact) mass is 377 g/mol. The molecule has 1 fully saturated rings. The van der Waals surface area contributed by atoms with Crippen LogP contribution in [0, 0.1) is 6.92 Å². The molecule has 2 aromatic carbocycles. The predicted octanol–water partition coefficient (Wildman–Crippen LogP) is 2.90. The molecular weight excluding hydrogens is 354 g/mol. The molecule has 3 N–H and O–H groups in total. The van der Waals surface area contributed by atoms with Crippen molar-refractivity contribution in [2.75, 3.05) is 12.4 Å². The Labute approximate surface area is 164 Å². The van der Waals surface area contributed by atoms with Gasteiger partial charge >= 0.3 is 0 Å². The van der Waals surface area contributed by atoms with E-state index in [0.29, 0.717) is 16.8 Å². The quantitative estimate of drug-likeness (QED) is 0.677. The van der Waals surface area contributed by atoms with E-state index in [9.17, 15) is 14.4 Å². The minimum absolute atomic E-state index is 0.121. The van der Waals surface area contributed by atoms with Gasteiger partial charge in [-0.05, 0) is 61.2 Å². The Bertz CT molecular complexity index is 929. The topological polar surface area (TPSA) is 87.3 Å². The van der Waals surface area contributed by atoms with Gasteiger partial charge in [0, 0.05) is 36.0 Å². The zero-order valence-electron chi connectivity index (χ0n) is 15.9. The zero-order chi connectivity index (χ0) is 20.1. The number of nitrogens with one attached hydrogen (secondary N) is 3. The first-order valence-corrected chi connectivity index (χ1v) is 9.19. The lowest BCUT2D eigenvalue weighted by molar-refractivity contribution is -0.111. The maximum Gasteiger partial charge on any atom is 0.251 e. The number of carbonyl (C=O) groups excluding carboxylic acids is 3. The van der Waals surface area contributed by atoms with Gasteiger partial charge in [-0.1, -0.05) is 18.2 Å². The van der Waals surface area contributed by atoms with Crippen LogP contribution in [-0.4, -0.2) is 30.8 Å².